The normalized spacial score (nSPS) is 17.8. The summed E-state index contributed by atoms with van der Waals surface area (Å²) in [4.78, 5) is 26.4. The lowest BCUT2D eigenvalue weighted by atomic mass is 10.1. The van der Waals surface area contributed by atoms with Crippen LogP contribution in [0.1, 0.15) is 44.5 Å². The predicted octanol–water partition coefficient (Wildman–Crippen LogP) is 2.68. The van der Waals surface area contributed by atoms with Gasteiger partial charge in [-0.25, -0.2) is 4.79 Å². The third-order valence-electron chi connectivity index (χ3n) is 4.42. The van der Waals surface area contributed by atoms with Crippen LogP contribution < -0.4 is 16.0 Å². The minimum Gasteiger partial charge on any atom is -0.352 e. The summed E-state index contributed by atoms with van der Waals surface area (Å²) in [6.07, 6.45) is 1.13. The summed E-state index contributed by atoms with van der Waals surface area (Å²) in [5.74, 6) is 0.452. The number of carbonyl (C=O) groups is 2. The van der Waals surface area contributed by atoms with Crippen molar-refractivity contribution in [2.24, 2.45) is 5.92 Å². The summed E-state index contributed by atoms with van der Waals surface area (Å²) in [6, 6.07) is 7.34. The van der Waals surface area contributed by atoms with Crippen LogP contribution in [0.15, 0.2) is 24.3 Å². The van der Waals surface area contributed by atoms with Crippen molar-refractivity contribution in [2.75, 3.05) is 25.0 Å². The van der Waals surface area contributed by atoms with Crippen LogP contribution in [0.2, 0.25) is 0 Å². The largest absolute Gasteiger partial charge is 0.352 e. The minimum absolute atomic E-state index is 0.0684. The molecule has 0 aromatic heterocycles. The number of anilines is 1. The summed E-state index contributed by atoms with van der Waals surface area (Å²) in [7, 11) is 0. The number of nitrogens with one attached hydrogen (secondary N) is 3. The SMILES string of the molecule is CC(C)NC(=O)Nc1ccc(C(=O)NC[C@@H]2CCN(C(C)C)C2)cc1. The van der Waals surface area contributed by atoms with E-state index in [2.05, 4.69) is 34.7 Å². The predicted molar refractivity (Wildman–Crippen MR) is 101 cm³/mol. The molecule has 25 heavy (non-hydrogen) atoms. The van der Waals surface area contributed by atoms with E-state index in [4.69, 9.17) is 0 Å². The molecule has 2 rings (SSSR count). The zero-order valence-corrected chi connectivity index (χ0v) is 15.6. The van der Waals surface area contributed by atoms with E-state index in [1.807, 2.05) is 13.8 Å². The second-order valence-electron chi connectivity index (χ2n) is 7.28. The molecule has 1 aromatic carbocycles. The summed E-state index contributed by atoms with van der Waals surface area (Å²) >= 11 is 0. The van der Waals surface area contributed by atoms with E-state index >= 15 is 0 Å². The maximum atomic E-state index is 12.3. The lowest BCUT2D eigenvalue weighted by molar-refractivity contribution is 0.0947. The number of nitrogens with zero attached hydrogens (tertiary/aromatic N) is 1. The molecule has 1 heterocycles. The highest BCUT2D eigenvalue weighted by atomic mass is 16.2. The Labute approximate surface area is 150 Å². The minimum atomic E-state index is -0.247. The molecule has 0 aliphatic carbocycles. The summed E-state index contributed by atoms with van der Waals surface area (Å²) in [5, 5.41) is 8.52. The Hall–Kier alpha value is -2.08. The Kier molecular flexibility index (Phi) is 6.82. The molecule has 1 fully saturated rings. The Morgan fingerprint density at radius 3 is 2.40 bits per heavy atom. The molecular formula is C19H30N4O2. The zero-order valence-electron chi connectivity index (χ0n) is 15.6. The number of carbonyl (C=O) groups excluding carboxylic acids is 2. The third-order valence-corrected chi connectivity index (χ3v) is 4.42. The highest BCUT2D eigenvalue weighted by molar-refractivity contribution is 5.95. The number of urea groups is 1. The Morgan fingerprint density at radius 1 is 1.16 bits per heavy atom. The number of hydrogen-bond acceptors (Lipinski definition) is 3. The average Bonchev–Trinajstić information content (AvgIpc) is 3.01. The first-order valence-corrected chi connectivity index (χ1v) is 9.05. The second kappa shape index (κ2) is 8.85. The average molecular weight is 346 g/mol. The number of likely N-dealkylation sites (tertiary alicyclic amines) is 1. The van der Waals surface area contributed by atoms with Gasteiger partial charge in [-0.3, -0.25) is 4.79 Å². The number of benzene rings is 1. The zero-order chi connectivity index (χ0) is 18.4. The van der Waals surface area contributed by atoms with Gasteiger partial charge in [0.2, 0.25) is 0 Å². The second-order valence-corrected chi connectivity index (χ2v) is 7.28. The smallest absolute Gasteiger partial charge is 0.319 e. The van der Waals surface area contributed by atoms with Crippen LogP contribution in [0, 0.1) is 5.92 Å². The molecule has 6 heteroatoms. The van der Waals surface area contributed by atoms with Crippen LogP contribution in [0.25, 0.3) is 0 Å². The van der Waals surface area contributed by atoms with E-state index in [0.29, 0.717) is 29.8 Å². The summed E-state index contributed by atoms with van der Waals surface area (Å²) < 4.78 is 0. The van der Waals surface area contributed by atoms with E-state index in [1.165, 1.54) is 0 Å². The number of rotatable bonds is 6. The van der Waals surface area contributed by atoms with Crippen LogP contribution in [0.5, 0.6) is 0 Å². The maximum Gasteiger partial charge on any atom is 0.319 e. The summed E-state index contributed by atoms with van der Waals surface area (Å²) in [6.45, 7) is 11.1. The number of hydrogen-bond donors (Lipinski definition) is 3. The van der Waals surface area contributed by atoms with E-state index in [0.717, 1.165) is 19.5 Å². The van der Waals surface area contributed by atoms with Crippen molar-refractivity contribution in [3.8, 4) is 0 Å². The first kappa shape index (κ1) is 19.2. The highest BCUT2D eigenvalue weighted by Crippen LogP contribution is 2.18. The van der Waals surface area contributed by atoms with Gasteiger partial charge in [0.25, 0.3) is 5.91 Å². The van der Waals surface area contributed by atoms with Gasteiger partial charge in [0, 0.05) is 36.4 Å². The molecule has 1 atom stereocenters. The van der Waals surface area contributed by atoms with Crippen molar-refractivity contribution in [1.82, 2.24) is 15.5 Å². The first-order valence-electron chi connectivity index (χ1n) is 9.05. The van der Waals surface area contributed by atoms with E-state index in [9.17, 15) is 9.59 Å². The maximum absolute atomic E-state index is 12.3. The Bertz CT molecular complexity index is 584. The fraction of sp³-hybridized carbons (Fsp3) is 0.579. The highest BCUT2D eigenvalue weighted by Gasteiger charge is 2.24. The molecule has 138 valence electrons. The molecule has 0 bridgehead atoms. The van der Waals surface area contributed by atoms with Crippen LogP contribution in [-0.2, 0) is 0 Å². The van der Waals surface area contributed by atoms with Crippen LogP contribution >= 0.6 is 0 Å². The number of amides is 3. The first-order chi connectivity index (χ1) is 11.8. The van der Waals surface area contributed by atoms with Gasteiger partial charge in [-0.2, -0.15) is 0 Å². The van der Waals surface area contributed by atoms with Gasteiger partial charge in [-0.15, -0.1) is 0 Å². The summed E-state index contributed by atoms with van der Waals surface area (Å²) in [5.41, 5.74) is 1.27. The molecule has 0 spiro atoms. The van der Waals surface area contributed by atoms with Crippen molar-refractivity contribution in [3.63, 3.8) is 0 Å². The van der Waals surface area contributed by atoms with Gasteiger partial charge < -0.3 is 20.9 Å². The van der Waals surface area contributed by atoms with Crippen molar-refractivity contribution in [2.45, 2.75) is 46.2 Å². The molecule has 1 aromatic rings. The molecule has 3 amide bonds. The van der Waals surface area contributed by atoms with Crippen molar-refractivity contribution >= 4 is 17.6 Å². The van der Waals surface area contributed by atoms with Gasteiger partial charge in [-0.1, -0.05) is 0 Å². The quantitative estimate of drug-likeness (QED) is 0.741. The van der Waals surface area contributed by atoms with E-state index in [-0.39, 0.29) is 18.0 Å². The van der Waals surface area contributed by atoms with Gasteiger partial charge in [0.15, 0.2) is 0 Å². The fourth-order valence-corrected chi connectivity index (χ4v) is 2.97. The monoisotopic (exact) mass is 346 g/mol. The van der Waals surface area contributed by atoms with Crippen molar-refractivity contribution < 1.29 is 9.59 Å². The molecule has 3 N–H and O–H groups in total. The molecular weight excluding hydrogens is 316 g/mol. The lowest BCUT2D eigenvalue weighted by Gasteiger charge is -2.20. The van der Waals surface area contributed by atoms with Crippen molar-refractivity contribution in [3.05, 3.63) is 29.8 Å². The molecule has 0 unspecified atom stereocenters. The molecule has 1 aliphatic heterocycles. The standard InChI is InChI=1S/C19H30N4O2/c1-13(2)21-19(25)22-17-7-5-16(6-8-17)18(24)20-11-15-9-10-23(12-15)14(3)4/h5-8,13-15H,9-12H2,1-4H3,(H,20,24)(H2,21,22,25)/t15-/m0/s1. The third kappa shape index (κ3) is 6.05. The van der Waals surface area contributed by atoms with E-state index in [1.54, 1.807) is 24.3 Å². The van der Waals surface area contributed by atoms with Crippen LogP contribution in [-0.4, -0.2) is 48.6 Å². The Balaban J connectivity index is 1.79. The molecule has 6 nitrogen and oxygen atoms in total. The topological polar surface area (TPSA) is 73.5 Å². The van der Waals surface area contributed by atoms with Crippen LogP contribution in [0.3, 0.4) is 0 Å². The van der Waals surface area contributed by atoms with Gasteiger partial charge >= 0.3 is 6.03 Å². The molecule has 0 radical (unpaired) electrons. The van der Waals surface area contributed by atoms with Gasteiger partial charge in [-0.05, 0) is 70.8 Å². The molecule has 1 aliphatic rings. The Morgan fingerprint density at radius 2 is 1.84 bits per heavy atom. The molecule has 1 saturated heterocycles. The van der Waals surface area contributed by atoms with Gasteiger partial charge in [0.05, 0.1) is 0 Å². The molecule has 0 saturated carbocycles. The lowest BCUT2D eigenvalue weighted by Crippen LogP contribution is -2.34. The van der Waals surface area contributed by atoms with E-state index < -0.39 is 0 Å². The van der Waals surface area contributed by atoms with Crippen LogP contribution in [0.4, 0.5) is 10.5 Å². The fourth-order valence-electron chi connectivity index (χ4n) is 2.97. The van der Waals surface area contributed by atoms with Crippen molar-refractivity contribution in [1.29, 1.82) is 0 Å². The van der Waals surface area contributed by atoms with Gasteiger partial charge in [0.1, 0.15) is 0 Å².